The van der Waals surface area contributed by atoms with Crippen LogP contribution >= 0.6 is 35.0 Å². The summed E-state index contributed by atoms with van der Waals surface area (Å²) in [6.07, 6.45) is 1.60. The molecule has 0 saturated carbocycles. The van der Waals surface area contributed by atoms with Gasteiger partial charge < -0.3 is 9.47 Å². The van der Waals surface area contributed by atoms with Crippen molar-refractivity contribution >= 4 is 57.9 Å². The van der Waals surface area contributed by atoms with Gasteiger partial charge in [0.05, 0.1) is 23.0 Å². The summed E-state index contributed by atoms with van der Waals surface area (Å²) in [5.41, 5.74) is 1.74. The van der Waals surface area contributed by atoms with Crippen LogP contribution in [-0.4, -0.2) is 27.6 Å². The standard InChI is InChI=1S/C26H20Cl2N2O6S/c1-2-35-23-12-16(9-10-22(23)36-15-17-5-3-6-18(11-17)30(33)34)13-24-25(31)29(26(32)37-24)14-19-20(27)7-4-8-21(19)28/h3-13H,2,14-15H2,1H3/b24-13+. The number of thioether (sulfide) groups is 1. The van der Waals surface area contributed by atoms with Crippen molar-refractivity contribution in [2.24, 2.45) is 0 Å². The van der Waals surface area contributed by atoms with Crippen molar-refractivity contribution in [3.63, 3.8) is 0 Å². The Balaban J connectivity index is 1.52. The zero-order chi connectivity index (χ0) is 26.5. The summed E-state index contributed by atoms with van der Waals surface area (Å²) in [5.74, 6) is 0.422. The van der Waals surface area contributed by atoms with E-state index in [1.807, 2.05) is 6.92 Å². The predicted molar refractivity (Wildman–Crippen MR) is 143 cm³/mol. The zero-order valence-electron chi connectivity index (χ0n) is 19.5. The molecule has 0 aliphatic carbocycles. The summed E-state index contributed by atoms with van der Waals surface area (Å²) in [7, 11) is 0. The van der Waals surface area contributed by atoms with E-state index in [-0.39, 0.29) is 23.7 Å². The van der Waals surface area contributed by atoms with E-state index >= 15 is 0 Å². The number of hydrogen-bond acceptors (Lipinski definition) is 7. The molecule has 11 heteroatoms. The number of carbonyl (C=O) groups is 2. The summed E-state index contributed by atoms with van der Waals surface area (Å²) in [6.45, 7) is 2.26. The Morgan fingerprint density at radius 2 is 1.73 bits per heavy atom. The maximum atomic E-state index is 13.0. The van der Waals surface area contributed by atoms with E-state index in [9.17, 15) is 19.7 Å². The van der Waals surface area contributed by atoms with E-state index in [0.29, 0.717) is 44.8 Å². The Bertz CT molecular complexity index is 1390. The summed E-state index contributed by atoms with van der Waals surface area (Å²) in [4.78, 5) is 37.5. The van der Waals surface area contributed by atoms with Gasteiger partial charge in [-0.1, -0.05) is 47.5 Å². The molecule has 0 bridgehead atoms. The van der Waals surface area contributed by atoms with Crippen LogP contribution in [-0.2, 0) is 17.9 Å². The number of ether oxygens (including phenoxy) is 2. The van der Waals surface area contributed by atoms with E-state index < -0.39 is 16.1 Å². The molecule has 1 fully saturated rings. The first-order valence-corrected chi connectivity index (χ1v) is 12.6. The topological polar surface area (TPSA) is 99.0 Å². The van der Waals surface area contributed by atoms with Gasteiger partial charge in [0.2, 0.25) is 0 Å². The van der Waals surface area contributed by atoms with Crippen LogP contribution in [0.15, 0.2) is 65.6 Å². The van der Waals surface area contributed by atoms with Crippen molar-refractivity contribution in [3.05, 3.63) is 102 Å². The normalized spacial score (nSPS) is 14.4. The molecular weight excluding hydrogens is 539 g/mol. The van der Waals surface area contributed by atoms with Gasteiger partial charge in [-0.25, -0.2) is 0 Å². The van der Waals surface area contributed by atoms with Crippen LogP contribution in [0.1, 0.15) is 23.6 Å². The van der Waals surface area contributed by atoms with Gasteiger partial charge in [0.1, 0.15) is 6.61 Å². The number of rotatable bonds is 9. The van der Waals surface area contributed by atoms with Crippen molar-refractivity contribution in [3.8, 4) is 11.5 Å². The van der Waals surface area contributed by atoms with Gasteiger partial charge in [-0.3, -0.25) is 24.6 Å². The first-order valence-electron chi connectivity index (χ1n) is 11.1. The van der Waals surface area contributed by atoms with Crippen LogP contribution in [0.3, 0.4) is 0 Å². The molecule has 8 nitrogen and oxygen atoms in total. The van der Waals surface area contributed by atoms with Gasteiger partial charge in [-0.2, -0.15) is 0 Å². The molecule has 3 aromatic carbocycles. The van der Waals surface area contributed by atoms with Gasteiger partial charge >= 0.3 is 0 Å². The lowest BCUT2D eigenvalue weighted by molar-refractivity contribution is -0.384. The fraction of sp³-hybridized carbons (Fsp3) is 0.154. The second-order valence-electron chi connectivity index (χ2n) is 7.82. The first-order chi connectivity index (χ1) is 17.8. The lowest BCUT2D eigenvalue weighted by Crippen LogP contribution is -2.27. The highest BCUT2D eigenvalue weighted by atomic mass is 35.5. The van der Waals surface area contributed by atoms with Crippen LogP contribution in [0, 0.1) is 10.1 Å². The first kappa shape index (κ1) is 26.5. The summed E-state index contributed by atoms with van der Waals surface area (Å²) < 4.78 is 11.6. The maximum absolute atomic E-state index is 13.0. The third kappa shape index (κ3) is 6.25. The number of amides is 2. The molecule has 0 atom stereocenters. The number of nitro benzene ring substituents is 1. The third-order valence-electron chi connectivity index (χ3n) is 5.33. The average molecular weight is 559 g/mol. The minimum atomic E-state index is -0.464. The molecule has 1 saturated heterocycles. The SMILES string of the molecule is CCOc1cc(/C=C2/SC(=O)N(Cc3c(Cl)cccc3Cl)C2=O)ccc1OCc1cccc([N+](=O)[O-])c1. The molecular formula is C26H20Cl2N2O6S. The largest absolute Gasteiger partial charge is 0.490 e. The molecule has 4 rings (SSSR count). The van der Waals surface area contributed by atoms with E-state index in [4.69, 9.17) is 32.7 Å². The summed E-state index contributed by atoms with van der Waals surface area (Å²) in [6, 6.07) is 16.3. The molecule has 1 aliphatic heterocycles. The van der Waals surface area contributed by atoms with Crippen LogP contribution in [0.25, 0.3) is 6.08 Å². The number of halogens is 2. The molecule has 1 heterocycles. The number of carbonyl (C=O) groups excluding carboxylic acids is 2. The van der Waals surface area contributed by atoms with Gasteiger partial charge in [-0.15, -0.1) is 0 Å². The van der Waals surface area contributed by atoms with E-state index in [0.717, 1.165) is 16.7 Å². The number of hydrogen-bond donors (Lipinski definition) is 0. The molecule has 3 aromatic rings. The Labute approximate surface area is 226 Å². The van der Waals surface area contributed by atoms with Gasteiger partial charge in [0.25, 0.3) is 16.8 Å². The average Bonchev–Trinajstić information content (AvgIpc) is 3.13. The van der Waals surface area contributed by atoms with Crippen molar-refractivity contribution in [1.29, 1.82) is 0 Å². The van der Waals surface area contributed by atoms with E-state index in [1.165, 1.54) is 12.1 Å². The van der Waals surface area contributed by atoms with E-state index in [2.05, 4.69) is 0 Å². The molecule has 1 aliphatic rings. The number of nitrogens with zero attached hydrogens (tertiary/aromatic N) is 2. The zero-order valence-corrected chi connectivity index (χ0v) is 21.8. The van der Waals surface area contributed by atoms with Crippen LogP contribution in [0.4, 0.5) is 10.5 Å². The van der Waals surface area contributed by atoms with Crippen molar-refractivity contribution < 1.29 is 24.0 Å². The number of non-ortho nitro benzene ring substituents is 1. The predicted octanol–water partition coefficient (Wildman–Crippen LogP) is 7.12. The molecule has 0 aromatic heterocycles. The molecule has 190 valence electrons. The van der Waals surface area contributed by atoms with Gasteiger partial charge in [0, 0.05) is 27.7 Å². The van der Waals surface area contributed by atoms with Crippen molar-refractivity contribution in [2.75, 3.05) is 6.61 Å². The molecule has 0 unspecified atom stereocenters. The fourth-order valence-corrected chi connectivity index (χ4v) is 4.91. The molecule has 2 amide bonds. The molecule has 0 radical (unpaired) electrons. The monoisotopic (exact) mass is 558 g/mol. The van der Waals surface area contributed by atoms with Crippen LogP contribution < -0.4 is 9.47 Å². The lowest BCUT2D eigenvalue weighted by Gasteiger charge is -2.15. The van der Waals surface area contributed by atoms with Crippen LogP contribution in [0.2, 0.25) is 10.0 Å². The minimum Gasteiger partial charge on any atom is -0.490 e. The highest BCUT2D eigenvalue weighted by Gasteiger charge is 2.35. The highest BCUT2D eigenvalue weighted by Crippen LogP contribution is 2.37. The quantitative estimate of drug-likeness (QED) is 0.156. The molecule has 37 heavy (non-hydrogen) atoms. The Morgan fingerprint density at radius 3 is 2.43 bits per heavy atom. The number of nitro groups is 1. The second-order valence-corrected chi connectivity index (χ2v) is 9.63. The second kappa shape index (κ2) is 11.7. The van der Waals surface area contributed by atoms with Gasteiger partial charge in [0.15, 0.2) is 11.5 Å². The van der Waals surface area contributed by atoms with Crippen molar-refractivity contribution in [1.82, 2.24) is 4.90 Å². The van der Waals surface area contributed by atoms with Crippen LogP contribution in [0.5, 0.6) is 11.5 Å². The number of benzene rings is 3. The maximum Gasteiger partial charge on any atom is 0.293 e. The summed E-state index contributed by atoms with van der Waals surface area (Å²) >= 11 is 13.2. The lowest BCUT2D eigenvalue weighted by atomic mass is 10.1. The summed E-state index contributed by atoms with van der Waals surface area (Å²) in [5, 5.41) is 11.3. The third-order valence-corrected chi connectivity index (χ3v) is 6.95. The minimum absolute atomic E-state index is 0.0211. The highest BCUT2D eigenvalue weighted by molar-refractivity contribution is 8.18. The smallest absolute Gasteiger partial charge is 0.293 e. The molecule has 0 N–H and O–H groups in total. The van der Waals surface area contributed by atoms with Crippen molar-refractivity contribution in [2.45, 2.75) is 20.1 Å². The Hall–Kier alpha value is -3.53. The fourth-order valence-electron chi connectivity index (χ4n) is 3.55. The van der Waals surface area contributed by atoms with E-state index in [1.54, 1.807) is 54.6 Å². The molecule has 0 spiro atoms. The Kier molecular flexibility index (Phi) is 8.38. The Morgan fingerprint density at radius 1 is 1.00 bits per heavy atom. The number of imide groups is 1. The van der Waals surface area contributed by atoms with Gasteiger partial charge in [-0.05, 0) is 60.2 Å².